The molecular weight excluding hydrogens is 340 g/mol. The van der Waals surface area contributed by atoms with E-state index in [1.165, 1.54) is 11.8 Å². The summed E-state index contributed by atoms with van der Waals surface area (Å²) in [5, 5.41) is 12.6. The molecule has 1 aromatic carbocycles. The van der Waals surface area contributed by atoms with E-state index >= 15 is 0 Å². The highest BCUT2D eigenvalue weighted by Crippen LogP contribution is 2.24. The summed E-state index contributed by atoms with van der Waals surface area (Å²) in [6.07, 6.45) is 0.577. The second-order valence-corrected chi connectivity index (χ2v) is 7.47. The fraction of sp³-hybridized carbons (Fsp3) is 0.412. The third-order valence-corrected chi connectivity index (χ3v) is 4.21. The highest BCUT2D eigenvalue weighted by atomic mass is 32.2. The minimum absolute atomic E-state index is 0.161. The topological polar surface area (TPSA) is 87.1 Å². The molecule has 0 fully saturated rings. The van der Waals surface area contributed by atoms with Crippen LogP contribution in [-0.4, -0.2) is 27.4 Å². The highest BCUT2D eigenvalue weighted by Gasteiger charge is 2.22. The van der Waals surface area contributed by atoms with Crippen LogP contribution in [0.1, 0.15) is 43.9 Å². The normalized spacial score (nSPS) is 11.7. The zero-order valence-electron chi connectivity index (χ0n) is 14.6. The fourth-order valence-corrected chi connectivity index (χ4v) is 2.65. The lowest BCUT2D eigenvalue weighted by Crippen LogP contribution is -2.11. The van der Waals surface area contributed by atoms with Crippen LogP contribution in [0.15, 0.2) is 38.4 Å². The molecule has 0 unspecified atom stereocenters. The van der Waals surface area contributed by atoms with Gasteiger partial charge in [-0.2, -0.15) is 4.98 Å². The third kappa shape index (κ3) is 4.60. The zero-order valence-corrected chi connectivity index (χ0v) is 15.5. The Bertz CT molecular complexity index is 821. The summed E-state index contributed by atoms with van der Waals surface area (Å²) in [4.78, 5) is 4.39. The molecule has 3 aromatic rings. The average Bonchev–Trinajstić information content (AvgIpc) is 3.22. The van der Waals surface area contributed by atoms with Gasteiger partial charge >= 0.3 is 0 Å². The predicted octanol–water partition coefficient (Wildman–Crippen LogP) is 3.64. The Labute approximate surface area is 150 Å². The molecule has 0 N–H and O–H groups in total. The molecular formula is C17H20N4O3S. The van der Waals surface area contributed by atoms with E-state index in [-0.39, 0.29) is 5.41 Å². The summed E-state index contributed by atoms with van der Waals surface area (Å²) < 4.78 is 16.1. The zero-order chi connectivity index (χ0) is 17.9. The lowest BCUT2D eigenvalue weighted by Gasteiger charge is -2.10. The largest absolute Gasteiger partial charge is 0.497 e. The molecule has 132 valence electrons. The minimum atomic E-state index is -0.161. The molecule has 0 radical (unpaired) electrons. The molecule has 2 aromatic heterocycles. The number of methoxy groups -OCH3 is 1. The van der Waals surface area contributed by atoms with Gasteiger partial charge in [-0.3, -0.25) is 0 Å². The number of ether oxygens (including phenoxy) is 1. The van der Waals surface area contributed by atoms with E-state index in [2.05, 4.69) is 20.3 Å². The Kier molecular flexibility index (Phi) is 5.08. The van der Waals surface area contributed by atoms with E-state index in [9.17, 15) is 0 Å². The van der Waals surface area contributed by atoms with Gasteiger partial charge < -0.3 is 13.7 Å². The summed E-state index contributed by atoms with van der Waals surface area (Å²) in [7, 11) is 1.64. The van der Waals surface area contributed by atoms with E-state index in [1.807, 2.05) is 45.0 Å². The van der Waals surface area contributed by atoms with Gasteiger partial charge in [-0.15, -0.1) is 10.2 Å². The van der Waals surface area contributed by atoms with Gasteiger partial charge in [0.1, 0.15) is 5.75 Å². The first-order chi connectivity index (χ1) is 11.9. The van der Waals surface area contributed by atoms with Crippen LogP contribution in [0, 0.1) is 0 Å². The summed E-state index contributed by atoms with van der Waals surface area (Å²) in [5.41, 5.74) is 0.917. The van der Waals surface area contributed by atoms with E-state index in [0.29, 0.717) is 35.0 Å². The monoisotopic (exact) mass is 360 g/mol. The number of thioether (sulfide) groups is 1. The second kappa shape index (κ2) is 7.26. The van der Waals surface area contributed by atoms with E-state index < -0.39 is 0 Å². The van der Waals surface area contributed by atoms with Crippen LogP contribution in [-0.2, 0) is 17.6 Å². The maximum Gasteiger partial charge on any atom is 0.277 e. The Morgan fingerprint density at radius 1 is 1.12 bits per heavy atom. The molecule has 0 amide bonds. The van der Waals surface area contributed by atoms with Crippen LogP contribution in [0.2, 0.25) is 0 Å². The first-order valence-corrected chi connectivity index (χ1v) is 8.84. The first kappa shape index (κ1) is 17.5. The number of rotatable bonds is 6. The predicted molar refractivity (Wildman–Crippen MR) is 92.7 cm³/mol. The molecule has 0 aliphatic carbocycles. The second-order valence-electron chi connectivity index (χ2n) is 6.54. The average molecular weight is 360 g/mol. The van der Waals surface area contributed by atoms with E-state index in [4.69, 9.17) is 13.7 Å². The minimum Gasteiger partial charge on any atom is -0.497 e. The third-order valence-electron chi connectivity index (χ3n) is 3.40. The van der Waals surface area contributed by atoms with Crippen LogP contribution in [0.5, 0.6) is 5.75 Å². The fourth-order valence-electron chi connectivity index (χ4n) is 2.03. The summed E-state index contributed by atoms with van der Waals surface area (Å²) >= 11 is 1.39. The first-order valence-electron chi connectivity index (χ1n) is 7.85. The molecule has 8 heteroatoms. The Morgan fingerprint density at radius 3 is 2.52 bits per heavy atom. The van der Waals surface area contributed by atoms with Crippen molar-refractivity contribution in [2.75, 3.05) is 7.11 Å². The van der Waals surface area contributed by atoms with Crippen molar-refractivity contribution in [1.29, 1.82) is 0 Å². The lowest BCUT2D eigenvalue weighted by molar-refractivity contribution is 0.319. The smallest absolute Gasteiger partial charge is 0.277 e. The standard InChI is InChI=1S/C17H20N4O3S/c1-17(2,3)15-18-13(21-24-15)10-25-16-20-19-14(23-16)9-11-5-7-12(22-4)8-6-11/h5-8H,9-10H2,1-4H3. The van der Waals surface area contributed by atoms with Gasteiger partial charge in [0.15, 0.2) is 5.82 Å². The van der Waals surface area contributed by atoms with Gasteiger partial charge in [0.25, 0.3) is 5.22 Å². The van der Waals surface area contributed by atoms with Crippen LogP contribution < -0.4 is 4.74 Å². The molecule has 0 atom stereocenters. The van der Waals surface area contributed by atoms with Crippen LogP contribution >= 0.6 is 11.8 Å². The molecule has 3 rings (SSSR count). The molecule has 2 heterocycles. The van der Waals surface area contributed by atoms with Crippen molar-refractivity contribution in [3.63, 3.8) is 0 Å². The lowest BCUT2D eigenvalue weighted by atomic mass is 9.97. The van der Waals surface area contributed by atoms with Crippen LogP contribution in [0.4, 0.5) is 0 Å². The molecule has 25 heavy (non-hydrogen) atoms. The molecule has 0 aliphatic rings. The van der Waals surface area contributed by atoms with Gasteiger partial charge in [0.2, 0.25) is 11.8 Å². The number of hydrogen-bond acceptors (Lipinski definition) is 8. The van der Waals surface area contributed by atoms with Crippen molar-refractivity contribution >= 4 is 11.8 Å². The van der Waals surface area contributed by atoms with Gasteiger partial charge in [0, 0.05) is 5.41 Å². The van der Waals surface area contributed by atoms with Crippen molar-refractivity contribution in [3.05, 3.63) is 47.4 Å². The molecule has 0 saturated heterocycles. The Morgan fingerprint density at radius 2 is 1.88 bits per heavy atom. The van der Waals surface area contributed by atoms with Crippen molar-refractivity contribution in [2.24, 2.45) is 0 Å². The summed E-state index contributed by atoms with van der Waals surface area (Å²) in [6, 6.07) is 7.77. The number of aromatic nitrogens is 4. The maximum atomic E-state index is 5.66. The molecule has 0 bridgehead atoms. The van der Waals surface area contributed by atoms with Crippen molar-refractivity contribution < 1.29 is 13.7 Å². The van der Waals surface area contributed by atoms with Gasteiger partial charge in [-0.05, 0) is 17.7 Å². The number of nitrogens with zero attached hydrogens (tertiary/aromatic N) is 4. The molecule has 7 nitrogen and oxygen atoms in total. The number of hydrogen-bond donors (Lipinski definition) is 0. The Hall–Kier alpha value is -2.35. The number of benzene rings is 1. The van der Waals surface area contributed by atoms with Gasteiger partial charge in [-0.1, -0.05) is 49.8 Å². The molecule has 0 saturated carbocycles. The van der Waals surface area contributed by atoms with Crippen LogP contribution in [0.3, 0.4) is 0 Å². The molecule has 0 spiro atoms. The SMILES string of the molecule is COc1ccc(Cc2nnc(SCc3noc(C(C)(C)C)n3)o2)cc1. The summed E-state index contributed by atoms with van der Waals surface area (Å²) in [5.74, 6) is 3.14. The van der Waals surface area contributed by atoms with Gasteiger partial charge in [0.05, 0.1) is 19.3 Å². The van der Waals surface area contributed by atoms with Crippen molar-refractivity contribution in [2.45, 2.75) is 43.6 Å². The quantitative estimate of drug-likeness (QED) is 0.616. The maximum absolute atomic E-state index is 5.66. The van der Waals surface area contributed by atoms with Crippen molar-refractivity contribution in [1.82, 2.24) is 20.3 Å². The summed E-state index contributed by atoms with van der Waals surface area (Å²) in [6.45, 7) is 6.09. The Balaban J connectivity index is 1.57. The molecule has 0 aliphatic heterocycles. The van der Waals surface area contributed by atoms with E-state index in [1.54, 1.807) is 7.11 Å². The van der Waals surface area contributed by atoms with Crippen molar-refractivity contribution in [3.8, 4) is 5.75 Å². The van der Waals surface area contributed by atoms with Crippen LogP contribution in [0.25, 0.3) is 0 Å². The highest BCUT2D eigenvalue weighted by molar-refractivity contribution is 7.98. The van der Waals surface area contributed by atoms with E-state index in [0.717, 1.165) is 11.3 Å². The van der Waals surface area contributed by atoms with Gasteiger partial charge in [-0.25, -0.2) is 0 Å².